The first-order valence-corrected chi connectivity index (χ1v) is 9.39. The Labute approximate surface area is 157 Å². The molecule has 1 atom stereocenters. The molecule has 0 spiro atoms. The zero-order chi connectivity index (χ0) is 15.7. The van der Waals surface area contributed by atoms with E-state index in [2.05, 4.69) is 13.8 Å². The van der Waals surface area contributed by atoms with Crippen molar-refractivity contribution in [2.45, 2.75) is 70.1 Å². The van der Waals surface area contributed by atoms with Crippen molar-refractivity contribution in [3.05, 3.63) is 29.8 Å². The maximum atomic E-state index is 11.2. The van der Waals surface area contributed by atoms with Gasteiger partial charge in [-0.05, 0) is 24.0 Å². The van der Waals surface area contributed by atoms with E-state index in [9.17, 15) is 13.0 Å². The molecule has 5 heteroatoms. The standard InChI is InChI=1S/C17H28O3S.Na/c1-3-4-5-6-7-8-11-15(2)14-16-12-9-10-13-17(16)21(18,19)20;/h9-10,12-13,15H,3-8,11,14H2,1-2H3,(H,18,19,20);/q;+1/p-1. The van der Waals surface area contributed by atoms with Crippen molar-refractivity contribution < 1.29 is 42.5 Å². The quantitative estimate of drug-likeness (QED) is 0.370. The molecule has 1 aromatic rings. The van der Waals surface area contributed by atoms with Gasteiger partial charge in [-0.1, -0.05) is 77.0 Å². The van der Waals surface area contributed by atoms with Gasteiger partial charge in [-0.2, -0.15) is 0 Å². The fraction of sp³-hybridized carbons (Fsp3) is 0.647. The Balaban J connectivity index is 0.00000441. The van der Waals surface area contributed by atoms with Crippen molar-refractivity contribution in [3.8, 4) is 0 Å². The van der Waals surface area contributed by atoms with Crippen LogP contribution in [0.1, 0.15) is 64.4 Å². The van der Waals surface area contributed by atoms with Crippen LogP contribution in [-0.4, -0.2) is 13.0 Å². The Morgan fingerprint density at radius 1 is 1.05 bits per heavy atom. The zero-order valence-corrected chi connectivity index (χ0v) is 17.0. The summed E-state index contributed by atoms with van der Waals surface area (Å²) < 4.78 is 33.7. The molecule has 0 aliphatic heterocycles. The van der Waals surface area contributed by atoms with Gasteiger partial charge in [-0.15, -0.1) is 0 Å². The van der Waals surface area contributed by atoms with Gasteiger partial charge in [-0.25, -0.2) is 8.42 Å². The van der Waals surface area contributed by atoms with Crippen LogP contribution in [0.4, 0.5) is 0 Å². The van der Waals surface area contributed by atoms with E-state index in [-0.39, 0.29) is 34.5 Å². The summed E-state index contributed by atoms with van der Waals surface area (Å²) in [5.41, 5.74) is 0.658. The fourth-order valence-corrected chi connectivity index (χ4v) is 3.38. The van der Waals surface area contributed by atoms with Crippen LogP contribution in [0.2, 0.25) is 0 Å². The minimum Gasteiger partial charge on any atom is -0.744 e. The third kappa shape index (κ3) is 8.68. The summed E-state index contributed by atoms with van der Waals surface area (Å²) in [7, 11) is -4.36. The summed E-state index contributed by atoms with van der Waals surface area (Å²) in [6.45, 7) is 4.34. The summed E-state index contributed by atoms with van der Waals surface area (Å²) in [6, 6.07) is 6.56. The van der Waals surface area contributed by atoms with E-state index in [1.807, 2.05) is 0 Å². The van der Waals surface area contributed by atoms with Crippen molar-refractivity contribution >= 4 is 10.1 Å². The third-order valence-corrected chi connectivity index (χ3v) is 4.80. The first-order chi connectivity index (χ1) is 9.95. The topological polar surface area (TPSA) is 57.2 Å². The fourth-order valence-electron chi connectivity index (χ4n) is 2.67. The van der Waals surface area contributed by atoms with Crippen LogP contribution in [0.3, 0.4) is 0 Å². The third-order valence-electron chi connectivity index (χ3n) is 3.86. The van der Waals surface area contributed by atoms with Crippen LogP contribution >= 0.6 is 0 Å². The van der Waals surface area contributed by atoms with E-state index >= 15 is 0 Å². The van der Waals surface area contributed by atoms with Crippen molar-refractivity contribution in [2.24, 2.45) is 5.92 Å². The van der Waals surface area contributed by atoms with Gasteiger partial charge < -0.3 is 4.55 Å². The summed E-state index contributed by atoms with van der Waals surface area (Å²) in [4.78, 5) is -0.0557. The molecule has 1 unspecified atom stereocenters. The first-order valence-electron chi connectivity index (χ1n) is 7.99. The SMILES string of the molecule is CCCCCCCCC(C)Cc1ccccc1S(=O)(=O)[O-].[Na+]. The molecule has 0 bridgehead atoms. The van der Waals surface area contributed by atoms with Gasteiger partial charge in [0.1, 0.15) is 10.1 Å². The van der Waals surface area contributed by atoms with E-state index in [4.69, 9.17) is 0 Å². The normalized spacial score (nSPS) is 12.7. The molecule has 3 nitrogen and oxygen atoms in total. The molecule has 0 radical (unpaired) electrons. The molecule has 0 saturated carbocycles. The van der Waals surface area contributed by atoms with Gasteiger partial charge in [0.05, 0.1) is 4.90 Å². The number of rotatable bonds is 10. The summed E-state index contributed by atoms with van der Waals surface area (Å²) in [5, 5.41) is 0. The molecule has 0 saturated heterocycles. The monoisotopic (exact) mass is 334 g/mol. The second-order valence-electron chi connectivity index (χ2n) is 5.93. The molecular weight excluding hydrogens is 307 g/mol. The molecule has 0 N–H and O–H groups in total. The Morgan fingerprint density at radius 2 is 1.64 bits per heavy atom. The summed E-state index contributed by atoms with van der Waals surface area (Å²) in [5.74, 6) is 0.402. The van der Waals surface area contributed by atoms with Gasteiger partial charge in [-0.3, -0.25) is 0 Å². The van der Waals surface area contributed by atoms with Crippen LogP contribution in [0.25, 0.3) is 0 Å². The smallest absolute Gasteiger partial charge is 0.744 e. The summed E-state index contributed by atoms with van der Waals surface area (Å²) in [6.07, 6.45) is 9.32. The predicted octanol–water partition coefficient (Wildman–Crippen LogP) is 1.52. The Hall–Kier alpha value is 0.130. The van der Waals surface area contributed by atoms with Crippen LogP contribution in [0, 0.1) is 5.92 Å². The Kier molecular flexibility index (Phi) is 11.7. The number of hydrogen-bond acceptors (Lipinski definition) is 3. The van der Waals surface area contributed by atoms with E-state index in [0.29, 0.717) is 17.9 Å². The Bertz CT molecular complexity index is 514. The molecule has 120 valence electrons. The molecule has 0 aliphatic rings. The number of unbranched alkanes of at least 4 members (excludes halogenated alkanes) is 5. The second-order valence-corrected chi connectivity index (χ2v) is 7.28. The minimum absolute atomic E-state index is 0. The van der Waals surface area contributed by atoms with Crippen LogP contribution in [0.5, 0.6) is 0 Å². The molecule has 0 fully saturated rings. The average molecular weight is 334 g/mol. The number of benzene rings is 1. The van der Waals surface area contributed by atoms with E-state index in [1.165, 1.54) is 44.6 Å². The molecule has 0 aromatic heterocycles. The largest absolute Gasteiger partial charge is 1.00 e. The Morgan fingerprint density at radius 3 is 2.27 bits per heavy atom. The zero-order valence-electron chi connectivity index (χ0n) is 14.2. The van der Waals surface area contributed by atoms with Crippen molar-refractivity contribution in [2.75, 3.05) is 0 Å². The second kappa shape index (κ2) is 11.6. The summed E-state index contributed by atoms with van der Waals surface area (Å²) >= 11 is 0. The van der Waals surface area contributed by atoms with E-state index in [1.54, 1.807) is 18.2 Å². The van der Waals surface area contributed by atoms with Crippen molar-refractivity contribution in [3.63, 3.8) is 0 Å². The van der Waals surface area contributed by atoms with Crippen LogP contribution < -0.4 is 29.6 Å². The van der Waals surface area contributed by atoms with Crippen molar-refractivity contribution in [1.29, 1.82) is 0 Å². The van der Waals surface area contributed by atoms with E-state index < -0.39 is 10.1 Å². The van der Waals surface area contributed by atoms with Crippen molar-refractivity contribution in [1.82, 2.24) is 0 Å². The first kappa shape index (κ1) is 22.1. The van der Waals surface area contributed by atoms with E-state index in [0.717, 1.165) is 6.42 Å². The maximum Gasteiger partial charge on any atom is 1.00 e. The van der Waals surface area contributed by atoms with Gasteiger partial charge in [0.2, 0.25) is 0 Å². The molecular formula is C17H27NaO3S. The maximum absolute atomic E-state index is 11.2. The molecule has 0 heterocycles. The van der Waals surface area contributed by atoms with Gasteiger partial charge in [0.15, 0.2) is 0 Å². The van der Waals surface area contributed by atoms with Crippen LogP contribution in [-0.2, 0) is 16.5 Å². The van der Waals surface area contributed by atoms with Gasteiger partial charge >= 0.3 is 29.6 Å². The minimum atomic E-state index is -4.36. The van der Waals surface area contributed by atoms with Crippen LogP contribution in [0.15, 0.2) is 29.2 Å². The average Bonchev–Trinajstić information content (AvgIpc) is 2.42. The molecule has 0 aliphatic carbocycles. The molecule has 1 aromatic carbocycles. The van der Waals surface area contributed by atoms with Gasteiger partial charge in [0.25, 0.3) is 0 Å². The molecule has 0 amide bonds. The van der Waals surface area contributed by atoms with Gasteiger partial charge in [0, 0.05) is 0 Å². The predicted molar refractivity (Wildman–Crippen MR) is 85.3 cm³/mol. The number of hydrogen-bond donors (Lipinski definition) is 0. The molecule has 1 rings (SSSR count). The molecule has 22 heavy (non-hydrogen) atoms.